The number of aliphatic hydroxyl groups is 1. The lowest BCUT2D eigenvalue weighted by Crippen LogP contribution is -2.29. The molecule has 0 radical (unpaired) electrons. The first-order valence-electron chi connectivity index (χ1n) is 7.60. The van der Waals surface area contributed by atoms with Gasteiger partial charge in [0.25, 0.3) is 5.91 Å². The molecule has 1 saturated carbocycles. The van der Waals surface area contributed by atoms with E-state index in [2.05, 4.69) is 20.6 Å². The van der Waals surface area contributed by atoms with Crippen molar-refractivity contribution in [3.8, 4) is 0 Å². The number of nitrogens with zero attached hydrogens (tertiary/aromatic N) is 2. The first-order valence-corrected chi connectivity index (χ1v) is 7.60. The highest BCUT2D eigenvalue weighted by Gasteiger charge is 2.20. The van der Waals surface area contributed by atoms with E-state index in [0.717, 1.165) is 31.1 Å². The third kappa shape index (κ3) is 3.01. The highest BCUT2D eigenvalue weighted by atomic mass is 16.3. The molecule has 0 spiro atoms. The highest BCUT2D eigenvalue weighted by Crippen LogP contribution is 2.22. The fourth-order valence-corrected chi connectivity index (χ4v) is 2.85. The minimum absolute atomic E-state index is 0.156. The Kier molecular flexibility index (Phi) is 4.20. The van der Waals surface area contributed by atoms with Crippen LogP contribution in [0, 0.1) is 0 Å². The molecule has 2 aromatic rings. The number of hydrogen-bond donors (Lipinski definition) is 3. The molecular weight excluding hydrogens is 280 g/mol. The minimum atomic E-state index is -0.185. The SMILES string of the molecule is CNC(=O)c1cccc2cnc(N[C@H]3CC[C@H](O)CC3)nc12. The van der Waals surface area contributed by atoms with Crippen molar-refractivity contribution in [3.63, 3.8) is 0 Å². The van der Waals surface area contributed by atoms with Gasteiger partial charge in [-0.15, -0.1) is 0 Å². The zero-order valence-electron chi connectivity index (χ0n) is 12.5. The summed E-state index contributed by atoms with van der Waals surface area (Å²) in [6, 6.07) is 5.75. The third-order valence-electron chi connectivity index (χ3n) is 4.11. The first-order chi connectivity index (χ1) is 10.7. The predicted molar refractivity (Wildman–Crippen MR) is 84.8 cm³/mol. The van der Waals surface area contributed by atoms with E-state index in [9.17, 15) is 9.90 Å². The monoisotopic (exact) mass is 300 g/mol. The summed E-state index contributed by atoms with van der Waals surface area (Å²) in [5, 5.41) is 16.3. The van der Waals surface area contributed by atoms with Crippen LogP contribution in [0.5, 0.6) is 0 Å². The Morgan fingerprint density at radius 2 is 2.05 bits per heavy atom. The molecule has 0 saturated heterocycles. The molecule has 0 bridgehead atoms. The molecule has 6 heteroatoms. The number of amides is 1. The van der Waals surface area contributed by atoms with Gasteiger partial charge in [0.15, 0.2) is 0 Å². The van der Waals surface area contributed by atoms with E-state index in [0.29, 0.717) is 17.0 Å². The lowest BCUT2D eigenvalue weighted by atomic mass is 9.93. The number of carbonyl (C=O) groups is 1. The van der Waals surface area contributed by atoms with Crippen molar-refractivity contribution in [1.82, 2.24) is 15.3 Å². The predicted octanol–water partition coefficient (Wildman–Crippen LogP) is 1.70. The second-order valence-corrected chi connectivity index (χ2v) is 5.67. The number of aromatic nitrogens is 2. The number of rotatable bonds is 3. The fourth-order valence-electron chi connectivity index (χ4n) is 2.85. The van der Waals surface area contributed by atoms with Crippen molar-refractivity contribution in [2.45, 2.75) is 37.8 Å². The largest absolute Gasteiger partial charge is 0.393 e. The van der Waals surface area contributed by atoms with E-state index in [4.69, 9.17) is 0 Å². The molecule has 3 N–H and O–H groups in total. The first kappa shape index (κ1) is 14.7. The van der Waals surface area contributed by atoms with Crippen LogP contribution >= 0.6 is 0 Å². The van der Waals surface area contributed by atoms with Crippen molar-refractivity contribution in [2.75, 3.05) is 12.4 Å². The Morgan fingerprint density at radius 1 is 1.27 bits per heavy atom. The van der Waals surface area contributed by atoms with E-state index in [1.807, 2.05) is 12.1 Å². The molecule has 1 amide bonds. The molecule has 0 aliphatic heterocycles. The number of benzene rings is 1. The van der Waals surface area contributed by atoms with Gasteiger partial charge in [0.05, 0.1) is 17.2 Å². The molecule has 1 aromatic carbocycles. The van der Waals surface area contributed by atoms with Crippen LogP contribution in [0.3, 0.4) is 0 Å². The average Bonchev–Trinajstić information content (AvgIpc) is 2.55. The Hall–Kier alpha value is -2.21. The van der Waals surface area contributed by atoms with E-state index in [-0.39, 0.29) is 18.1 Å². The molecule has 0 atom stereocenters. The molecule has 6 nitrogen and oxygen atoms in total. The molecular formula is C16H20N4O2. The van der Waals surface area contributed by atoms with E-state index in [1.165, 1.54) is 0 Å². The molecule has 22 heavy (non-hydrogen) atoms. The summed E-state index contributed by atoms with van der Waals surface area (Å²) in [7, 11) is 1.61. The third-order valence-corrected chi connectivity index (χ3v) is 4.11. The van der Waals surface area contributed by atoms with Crippen LogP contribution in [-0.2, 0) is 0 Å². The molecule has 1 aliphatic rings. The summed E-state index contributed by atoms with van der Waals surface area (Å²) >= 11 is 0. The number of para-hydroxylation sites is 1. The Bertz CT molecular complexity index is 681. The van der Waals surface area contributed by atoms with Crippen molar-refractivity contribution < 1.29 is 9.90 Å². The van der Waals surface area contributed by atoms with Crippen molar-refractivity contribution in [3.05, 3.63) is 30.0 Å². The van der Waals surface area contributed by atoms with Gasteiger partial charge in [0.1, 0.15) is 0 Å². The smallest absolute Gasteiger partial charge is 0.253 e. The standard InChI is InChI=1S/C16H20N4O2/c1-17-15(22)13-4-2-3-10-9-18-16(20-14(10)13)19-11-5-7-12(21)8-6-11/h2-4,9,11-12,21H,5-8H2,1H3,(H,17,22)(H,18,19,20)/t11-,12-. The maximum absolute atomic E-state index is 11.9. The second-order valence-electron chi connectivity index (χ2n) is 5.67. The minimum Gasteiger partial charge on any atom is -0.393 e. The van der Waals surface area contributed by atoms with Crippen LogP contribution in [0.25, 0.3) is 10.9 Å². The maximum Gasteiger partial charge on any atom is 0.253 e. The Labute approximate surface area is 129 Å². The normalized spacial score (nSPS) is 21.5. The summed E-state index contributed by atoms with van der Waals surface area (Å²) in [5.74, 6) is 0.376. The van der Waals surface area contributed by atoms with Crippen LogP contribution in [0.15, 0.2) is 24.4 Å². The molecule has 1 aromatic heterocycles. The van der Waals surface area contributed by atoms with Gasteiger partial charge >= 0.3 is 0 Å². The summed E-state index contributed by atoms with van der Waals surface area (Å²) < 4.78 is 0. The quantitative estimate of drug-likeness (QED) is 0.803. The van der Waals surface area contributed by atoms with Crippen LogP contribution in [0.2, 0.25) is 0 Å². The zero-order valence-corrected chi connectivity index (χ0v) is 12.5. The van der Waals surface area contributed by atoms with E-state index < -0.39 is 0 Å². The van der Waals surface area contributed by atoms with Crippen molar-refractivity contribution in [2.24, 2.45) is 0 Å². The number of aliphatic hydroxyl groups excluding tert-OH is 1. The van der Waals surface area contributed by atoms with Gasteiger partial charge in [-0.1, -0.05) is 12.1 Å². The summed E-state index contributed by atoms with van der Waals surface area (Å²) in [5.41, 5.74) is 1.19. The van der Waals surface area contributed by atoms with Crippen LogP contribution in [0.4, 0.5) is 5.95 Å². The van der Waals surface area contributed by atoms with E-state index in [1.54, 1.807) is 19.3 Å². The van der Waals surface area contributed by atoms with Crippen LogP contribution in [0.1, 0.15) is 36.0 Å². The lowest BCUT2D eigenvalue weighted by molar-refractivity contribution is 0.0964. The second kappa shape index (κ2) is 6.27. The summed E-state index contributed by atoms with van der Waals surface area (Å²) in [6.45, 7) is 0. The van der Waals surface area contributed by atoms with Gasteiger partial charge in [-0.2, -0.15) is 0 Å². The number of hydrogen-bond acceptors (Lipinski definition) is 5. The topological polar surface area (TPSA) is 87.1 Å². The highest BCUT2D eigenvalue weighted by molar-refractivity contribution is 6.05. The van der Waals surface area contributed by atoms with Gasteiger partial charge in [0, 0.05) is 24.7 Å². The molecule has 1 heterocycles. The fraction of sp³-hybridized carbons (Fsp3) is 0.438. The number of carbonyl (C=O) groups excluding carboxylic acids is 1. The summed E-state index contributed by atoms with van der Waals surface area (Å²) in [4.78, 5) is 20.8. The van der Waals surface area contributed by atoms with Gasteiger partial charge in [-0.3, -0.25) is 4.79 Å². The van der Waals surface area contributed by atoms with E-state index >= 15 is 0 Å². The number of nitrogens with one attached hydrogen (secondary N) is 2. The van der Waals surface area contributed by atoms with Gasteiger partial charge < -0.3 is 15.7 Å². The van der Waals surface area contributed by atoms with Gasteiger partial charge in [-0.05, 0) is 31.7 Å². The maximum atomic E-state index is 11.9. The van der Waals surface area contributed by atoms with Crippen molar-refractivity contribution in [1.29, 1.82) is 0 Å². The lowest BCUT2D eigenvalue weighted by Gasteiger charge is -2.26. The molecule has 116 valence electrons. The average molecular weight is 300 g/mol. The van der Waals surface area contributed by atoms with Crippen LogP contribution in [-0.4, -0.2) is 40.2 Å². The molecule has 1 aliphatic carbocycles. The Morgan fingerprint density at radius 3 is 2.77 bits per heavy atom. The molecule has 0 unspecified atom stereocenters. The molecule has 1 fully saturated rings. The number of fused-ring (bicyclic) bond motifs is 1. The molecule has 3 rings (SSSR count). The Balaban J connectivity index is 1.87. The number of anilines is 1. The van der Waals surface area contributed by atoms with Crippen molar-refractivity contribution >= 4 is 22.8 Å². The summed E-state index contributed by atoms with van der Waals surface area (Å²) in [6.07, 6.45) is 4.95. The van der Waals surface area contributed by atoms with Gasteiger partial charge in [0.2, 0.25) is 5.95 Å². The van der Waals surface area contributed by atoms with Gasteiger partial charge in [-0.25, -0.2) is 9.97 Å². The zero-order chi connectivity index (χ0) is 15.5. The van der Waals surface area contributed by atoms with Crippen LogP contribution < -0.4 is 10.6 Å².